The molecule has 1 heterocycles. The lowest BCUT2D eigenvalue weighted by Crippen LogP contribution is -1.99. The summed E-state index contributed by atoms with van der Waals surface area (Å²) in [7, 11) is 0. The normalized spacial score (nSPS) is 16.6. The van der Waals surface area contributed by atoms with Gasteiger partial charge in [-0.05, 0) is 30.4 Å². The SMILES string of the molecule is CC(C)c1c(Br)ccnc1C1CC1. The fourth-order valence-corrected chi connectivity index (χ4v) is 2.50. The topological polar surface area (TPSA) is 12.9 Å². The minimum atomic E-state index is 0.568. The molecule has 0 atom stereocenters. The Balaban J connectivity index is 2.47. The van der Waals surface area contributed by atoms with Gasteiger partial charge in [0, 0.05) is 22.3 Å². The van der Waals surface area contributed by atoms with Crippen LogP contribution in [0.4, 0.5) is 0 Å². The van der Waals surface area contributed by atoms with Crippen LogP contribution in [0.5, 0.6) is 0 Å². The van der Waals surface area contributed by atoms with Crippen LogP contribution in [0.1, 0.15) is 49.8 Å². The summed E-state index contributed by atoms with van der Waals surface area (Å²) in [4.78, 5) is 4.49. The third-order valence-electron chi connectivity index (χ3n) is 2.51. The standard InChI is InChI=1S/C11H14BrN/c1-7(2)10-9(12)5-6-13-11(10)8-3-4-8/h5-8H,3-4H2,1-2H3. The maximum atomic E-state index is 4.49. The lowest BCUT2D eigenvalue weighted by Gasteiger charge is -2.12. The van der Waals surface area contributed by atoms with Crippen molar-refractivity contribution in [2.75, 3.05) is 0 Å². The summed E-state index contributed by atoms with van der Waals surface area (Å²) in [5.41, 5.74) is 2.73. The Labute approximate surface area is 87.7 Å². The average Bonchev–Trinajstić information content (AvgIpc) is 2.85. The van der Waals surface area contributed by atoms with Crippen molar-refractivity contribution in [1.82, 2.24) is 4.98 Å². The summed E-state index contributed by atoms with van der Waals surface area (Å²) in [6.07, 6.45) is 4.55. The molecule has 1 aromatic heterocycles. The predicted octanol–water partition coefficient (Wildman–Crippen LogP) is 3.84. The van der Waals surface area contributed by atoms with Crippen LogP contribution in [0.3, 0.4) is 0 Å². The Morgan fingerprint density at radius 1 is 1.46 bits per heavy atom. The van der Waals surface area contributed by atoms with Crippen LogP contribution in [0.15, 0.2) is 16.7 Å². The molecule has 1 aliphatic carbocycles. The molecule has 0 spiro atoms. The molecule has 0 amide bonds. The summed E-state index contributed by atoms with van der Waals surface area (Å²) in [5, 5.41) is 0. The van der Waals surface area contributed by atoms with E-state index in [1.54, 1.807) is 0 Å². The van der Waals surface area contributed by atoms with Crippen molar-refractivity contribution in [2.45, 2.75) is 38.5 Å². The minimum absolute atomic E-state index is 0.568. The molecule has 0 aliphatic heterocycles. The van der Waals surface area contributed by atoms with Crippen LogP contribution in [0, 0.1) is 0 Å². The van der Waals surface area contributed by atoms with E-state index in [1.807, 2.05) is 12.3 Å². The molecule has 0 saturated heterocycles. The monoisotopic (exact) mass is 239 g/mol. The van der Waals surface area contributed by atoms with Gasteiger partial charge in [-0.1, -0.05) is 29.8 Å². The molecule has 2 rings (SSSR count). The van der Waals surface area contributed by atoms with E-state index in [0.29, 0.717) is 5.92 Å². The first kappa shape index (κ1) is 9.20. The largest absolute Gasteiger partial charge is 0.261 e. The van der Waals surface area contributed by atoms with Gasteiger partial charge in [-0.15, -0.1) is 0 Å². The number of pyridine rings is 1. The first-order chi connectivity index (χ1) is 6.20. The van der Waals surface area contributed by atoms with Crippen LogP contribution in [-0.2, 0) is 0 Å². The lowest BCUT2D eigenvalue weighted by molar-refractivity contribution is 0.814. The van der Waals surface area contributed by atoms with Gasteiger partial charge in [0.05, 0.1) is 0 Å². The molecule has 0 aromatic carbocycles. The number of hydrogen-bond acceptors (Lipinski definition) is 1. The minimum Gasteiger partial charge on any atom is -0.261 e. The Kier molecular flexibility index (Phi) is 2.41. The zero-order valence-electron chi connectivity index (χ0n) is 8.05. The van der Waals surface area contributed by atoms with Gasteiger partial charge < -0.3 is 0 Å². The molecule has 1 aliphatic rings. The van der Waals surface area contributed by atoms with Crippen LogP contribution in [0.25, 0.3) is 0 Å². The molecule has 1 nitrogen and oxygen atoms in total. The molecule has 1 aromatic rings. The molecule has 0 N–H and O–H groups in total. The van der Waals surface area contributed by atoms with Gasteiger partial charge in [0.2, 0.25) is 0 Å². The summed E-state index contributed by atoms with van der Waals surface area (Å²) in [6, 6.07) is 2.04. The Bertz CT molecular complexity index is 316. The fourth-order valence-electron chi connectivity index (χ4n) is 1.72. The molecule has 0 bridgehead atoms. The third kappa shape index (κ3) is 1.78. The summed E-state index contributed by atoms with van der Waals surface area (Å²) in [6.45, 7) is 4.46. The van der Waals surface area contributed by atoms with Gasteiger partial charge in [-0.25, -0.2) is 0 Å². The van der Waals surface area contributed by atoms with Crippen LogP contribution in [0.2, 0.25) is 0 Å². The highest BCUT2D eigenvalue weighted by atomic mass is 79.9. The smallest absolute Gasteiger partial charge is 0.0480 e. The van der Waals surface area contributed by atoms with Crippen LogP contribution in [-0.4, -0.2) is 4.98 Å². The second-order valence-corrected chi connectivity index (χ2v) is 4.88. The fraction of sp³-hybridized carbons (Fsp3) is 0.545. The molecule has 2 heteroatoms. The van der Waals surface area contributed by atoms with Crippen molar-refractivity contribution in [3.05, 3.63) is 28.0 Å². The molecule has 13 heavy (non-hydrogen) atoms. The highest BCUT2D eigenvalue weighted by molar-refractivity contribution is 9.10. The second kappa shape index (κ2) is 3.41. The second-order valence-electron chi connectivity index (χ2n) is 4.02. The highest BCUT2D eigenvalue weighted by Crippen LogP contribution is 2.43. The van der Waals surface area contributed by atoms with Gasteiger partial charge in [-0.3, -0.25) is 4.98 Å². The van der Waals surface area contributed by atoms with E-state index < -0.39 is 0 Å². The quantitative estimate of drug-likeness (QED) is 0.765. The molecule has 0 radical (unpaired) electrons. The van der Waals surface area contributed by atoms with Gasteiger partial charge in [0.15, 0.2) is 0 Å². The van der Waals surface area contributed by atoms with Gasteiger partial charge in [0.1, 0.15) is 0 Å². The lowest BCUT2D eigenvalue weighted by atomic mass is 9.99. The number of halogens is 1. The molecule has 70 valence electrons. The zero-order chi connectivity index (χ0) is 9.42. The van der Waals surface area contributed by atoms with Crippen molar-refractivity contribution in [3.8, 4) is 0 Å². The highest BCUT2D eigenvalue weighted by Gasteiger charge is 2.28. The van der Waals surface area contributed by atoms with E-state index >= 15 is 0 Å². The molecular weight excluding hydrogens is 226 g/mol. The third-order valence-corrected chi connectivity index (χ3v) is 3.20. The van der Waals surface area contributed by atoms with E-state index in [4.69, 9.17) is 0 Å². The van der Waals surface area contributed by atoms with Crippen LogP contribution < -0.4 is 0 Å². The number of hydrogen-bond donors (Lipinski definition) is 0. The van der Waals surface area contributed by atoms with Crippen LogP contribution >= 0.6 is 15.9 Å². The molecule has 1 fully saturated rings. The van der Waals surface area contributed by atoms with Crippen molar-refractivity contribution < 1.29 is 0 Å². The Hall–Kier alpha value is -0.370. The first-order valence-electron chi connectivity index (χ1n) is 4.84. The molecule has 0 unspecified atom stereocenters. The van der Waals surface area contributed by atoms with Crippen molar-refractivity contribution >= 4 is 15.9 Å². The Morgan fingerprint density at radius 2 is 2.15 bits per heavy atom. The molecular formula is C11H14BrN. The van der Waals surface area contributed by atoms with Crippen molar-refractivity contribution in [2.24, 2.45) is 0 Å². The van der Waals surface area contributed by atoms with Crippen molar-refractivity contribution in [3.63, 3.8) is 0 Å². The van der Waals surface area contributed by atoms with E-state index in [9.17, 15) is 0 Å². The van der Waals surface area contributed by atoms with E-state index in [-0.39, 0.29) is 0 Å². The number of aromatic nitrogens is 1. The van der Waals surface area contributed by atoms with E-state index in [0.717, 1.165) is 5.92 Å². The first-order valence-corrected chi connectivity index (χ1v) is 5.63. The maximum Gasteiger partial charge on any atom is 0.0480 e. The summed E-state index contributed by atoms with van der Waals surface area (Å²) < 4.78 is 1.22. The average molecular weight is 240 g/mol. The van der Waals surface area contributed by atoms with E-state index in [2.05, 4.69) is 34.8 Å². The number of nitrogens with zero attached hydrogens (tertiary/aromatic N) is 1. The number of rotatable bonds is 2. The van der Waals surface area contributed by atoms with Gasteiger partial charge in [-0.2, -0.15) is 0 Å². The van der Waals surface area contributed by atoms with Gasteiger partial charge in [0.25, 0.3) is 0 Å². The van der Waals surface area contributed by atoms with E-state index in [1.165, 1.54) is 28.6 Å². The zero-order valence-corrected chi connectivity index (χ0v) is 9.63. The summed E-state index contributed by atoms with van der Waals surface area (Å²) in [5.74, 6) is 1.31. The van der Waals surface area contributed by atoms with Gasteiger partial charge >= 0.3 is 0 Å². The summed E-state index contributed by atoms with van der Waals surface area (Å²) >= 11 is 3.60. The van der Waals surface area contributed by atoms with Crippen molar-refractivity contribution in [1.29, 1.82) is 0 Å². The molecule has 1 saturated carbocycles. The maximum absolute atomic E-state index is 4.49. The Morgan fingerprint density at radius 3 is 2.69 bits per heavy atom. The predicted molar refractivity (Wildman–Crippen MR) is 58.0 cm³/mol.